The van der Waals surface area contributed by atoms with Gasteiger partial charge in [0.15, 0.2) is 0 Å². The van der Waals surface area contributed by atoms with E-state index >= 15 is 0 Å². The molecule has 1 aromatic carbocycles. The summed E-state index contributed by atoms with van der Waals surface area (Å²) < 4.78 is 0. The van der Waals surface area contributed by atoms with Crippen molar-refractivity contribution >= 4 is 0 Å². The summed E-state index contributed by atoms with van der Waals surface area (Å²) in [5.41, 5.74) is 6.69. The number of nitrogens with zero attached hydrogens (tertiary/aromatic N) is 3. The van der Waals surface area contributed by atoms with Gasteiger partial charge < -0.3 is 5.73 Å². The van der Waals surface area contributed by atoms with Crippen LogP contribution in [0.25, 0.3) is 5.69 Å². The van der Waals surface area contributed by atoms with Gasteiger partial charge in [0, 0.05) is 0 Å². The van der Waals surface area contributed by atoms with Crippen LogP contribution < -0.4 is 5.73 Å². The quantitative estimate of drug-likeness (QED) is 0.739. The van der Waals surface area contributed by atoms with E-state index in [4.69, 9.17) is 0 Å². The van der Waals surface area contributed by atoms with Gasteiger partial charge in [-0.1, -0.05) is 18.2 Å². The number of hydrogen-bond acceptors (Lipinski definition) is 2. The van der Waals surface area contributed by atoms with E-state index in [2.05, 4.69) is 15.9 Å². The third-order valence-electron chi connectivity index (χ3n) is 2.10. The molecular weight excluding hydrogens is 176 g/mol. The lowest BCUT2D eigenvalue weighted by atomic mass is 10.3. The SMILES string of the molecule is Cc1nn(-c2ccccc2)nc1C[NH3+]. The lowest BCUT2D eigenvalue weighted by Crippen LogP contribution is -2.48. The molecule has 72 valence electrons. The Hall–Kier alpha value is -1.68. The summed E-state index contributed by atoms with van der Waals surface area (Å²) in [4.78, 5) is 1.65. The zero-order valence-corrected chi connectivity index (χ0v) is 8.14. The predicted octanol–water partition coefficient (Wildman–Crippen LogP) is 0.318. The van der Waals surface area contributed by atoms with E-state index < -0.39 is 0 Å². The van der Waals surface area contributed by atoms with Crippen LogP contribution in [-0.2, 0) is 6.54 Å². The summed E-state index contributed by atoms with van der Waals surface area (Å²) in [6.07, 6.45) is 0. The molecule has 1 heterocycles. The molecule has 14 heavy (non-hydrogen) atoms. The fraction of sp³-hybridized carbons (Fsp3) is 0.200. The Bertz CT molecular complexity index is 419. The summed E-state index contributed by atoms with van der Waals surface area (Å²) in [5.74, 6) is 0. The Morgan fingerprint density at radius 3 is 2.50 bits per heavy atom. The number of quaternary nitrogens is 1. The molecular formula is C10H13N4+. The van der Waals surface area contributed by atoms with Crippen molar-refractivity contribution in [2.75, 3.05) is 0 Å². The summed E-state index contributed by atoms with van der Waals surface area (Å²) >= 11 is 0. The van der Waals surface area contributed by atoms with Crippen LogP contribution in [-0.4, -0.2) is 15.0 Å². The summed E-state index contributed by atoms with van der Waals surface area (Å²) in [5, 5.41) is 8.66. The minimum absolute atomic E-state index is 0.679. The molecule has 4 nitrogen and oxygen atoms in total. The molecule has 0 saturated carbocycles. The second-order valence-electron chi connectivity index (χ2n) is 3.11. The van der Waals surface area contributed by atoms with Crippen LogP contribution in [0.15, 0.2) is 30.3 Å². The number of hydrogen-bond donors (Lipinski definition) is 1. The van der Waals surface area contributed by atoms with Crippen molar-refractivity contribution < 1.29 is 5.73 Å². The molecule has 2 rings (SSSR count). The maximum atomic E-state index is 4.34. The minimum Gasteiger partial charge on any atom is -0.352 e. The second-order valence-corrected chi connectivity index (χ2v) is 3.11. The molecule has 0 spiro atoms. The number of aromatic nitrogens is 3. The van der Waals surface area contributed by atoms with Gasteiger partial charge in [-0.2, -0.15) is 9.90 Å². The average Bonchev–Trinajstić information content (AvgIpc) is 2.61. The van der Waals surface area contributed by atoms with E-state index in [1.165, 1.54) is 0 Å². The lowest BCUT2D eigenvalue weighted by molar-refractivity contribution is -0.387. The molecule has 0 aliphatic carbocycles. The molecule has 2 aromatic rings. The monoisotopic (exact) mass is 189 g/mol. The Morgan fingerprint density at radius 1 is 1.21 bits per heavy atom. The van der Waals surface area contributed by atoms with Gasteiger partial charge in [-0.25, -0.2) is 0 Å². The van der Waals surface area contributed by atoms with Crippen LogP contribution in [0, 0.1) is 6.92 Å². The largest absolute Gasteiger partial charge is 0.352 e. The summed E-state index contributed by atoms with van der Waals surface area (Å²) in [6.45, 7) is 2.63. The van der Waals surface area contributed by atoms with Gasteiger partial charge >= 0.3 is 0 Å². The topological polar surface area (TPSA) is 58.4 Å². The molecule has 0 atom stereocenters. The van der Waals surface area contributed by atoms with E-state index in [0.29, 0.717) is 6.54 Å². The first kappa shape index (κ1) is 8.90. The molecule has 0 aliphatic rings. The van der Waals surface area contributed by atoms with E-state index in [0.717, 1.165) is 17.1 Å². The minimum atomic E-state index is 0.679. The van der Waals surface area contributed by atoms with Crippen LogP contribution in [0.3, 0.4) is 0 Å². The Kier molecular flexibility index (Phi) is 2.28. The number of rotatable bonds is 2. The van der Waals surface area contributed by atoms with Crippen molar-refractivity contribution in [2.45, 2.75) is 13.5 Å². The van der Waals surface area contributed by atoms with Crippen LogP contribution >= 0.6 is 0 Å². The Morgan fingerprint density at radius 2 is 1.93 bits per heavy atom. The van der Waals surface area contributed by atoms with Crippen molar-refractivity contribution in [3.8, 4) is 5.69 Å². The summed E-state index contributed by atoms with van der Waals surface area (Å²) in [6, 6.07) is 9.87. The van der Waals surface area contributed by atoms with Crippen LogP contribution in [0.1, 0.15) is 11.4 Å². The van der Waals surface area contributed by atoms with E-state index in [9.17, 15) is 0 Å². The van der Waals surface area contributed by atoms with Crippen molar-refractivity contribution in [1.82, 2.24) is 15.0 Å². The van der Waals surface area contributed by atoms with E-state index in [-0.39, 0.29) is 0 Å². The number of para-hydroxylation sites is 1. The normalized spacial score (nSPS) is 10.4. The maximum absolute atomic E-state index is 4.34. The first-order valence-electron chi connectivity index (χ1n) is 4.59. The van der Waals surface area contributed by atoms with Crippen molar-refractivity contribution in [3.63, 3.8) is 0 Å². The second kappa shape index (κ2) is 3.59. The highest BCUT2D eigenvalue weighted by Gasteiger charge is 2.06. The van der Waals surface area contributed by atoms with E-state index in [1.54, 1.807) is 4.80 Å². The Balaban J connectivity index is 2.43. The van der Waals surface area contributed by atoms with Gasteiger partial charge in [0.25, 0.3) is 0 Å². The highest BCUT2D eigenvalue weighted by molar-refractivity contribution is 5.29. The van der Waals surface area contributed by atoms with Gasteiger partial charge in [0.05, 0.1) is 11.4 Å². The van der Waals surface area contributed by atoms with Crippen molar-refractivity contribution in [3.05, 3.63) is 41.7 Å². The highest BCUT2D eigenvalue weighted by atomic mass is 15.5. The smallest absolute Gasteiger partial charge is 0.140 e. The summed E-state index contributed by atoms with van der Waals surface area (Å²) in [7, 11) is 0. The standard InChI is InChI=1S/C10H12N4/c1-8-10(7-11)13-14(12-8)9-5-3-2-4-6-9/h2-6H,7,11H2,1H3/p+1. The molecule has 0 unspecified atom stereocenters. The molecule has 4 heteroatoms. The molecule has 0 fully saturated rings. The predicted molar refractivity (Wildman–Crippen MR) is 52.7 cm³/mol. The fourth-order valence-electron chi connectivity index (χ4n) is 1.32. The van der Waals surface area contributed by atoms with Crippen LogP contribution in [0.4, 0.5) is 0 Å². The van der Waals surface area contributed by atoms with Gasteiger partial charge in [-0.15, -0.1) is 5.10 Å². The maximum Gasteiger partial charge on any atom is 0.140 e. The molecule has 0 saturated heterocycles. The third kappa shape index (κ3) is 1.52. The van der Waals surface area contributed by atoms with Crippen molar-refractivity contribution in [2.24, 2.45) is 0 Å². The molecule has 0 radical (unpaired) electrons. The molecule has 0 aliphatic heterocycles. The molecule has 0 bridgehead atoms. The lowest BCUT2D eigenvalue weighted by Gasteiger charge is -1.96. The Labute approximate surface area is 82.4 Å². The number of benzene rings is 1. The van der Waals surface area contributed by atoms with Gasteiger partial charge in [-0.05, 0) is 19.1 Å². The zero-order valence-electron chi connectivity index (χ0n) is 8.14. The fourth-order valence-corrected chi connectivity index (χ4v) is 1.32. The van der Waals surface area contributed by atoms with Crippen LogP contribution in [0.5, 0.6) is 0 Å². The zero-order chi connectivity index (χ0) is 9.97. The van der Waals surface area contributed by atoms with Gasteiger partial charge in [0.2, 0.25) is 0 Å². The average molecular weight is 189 g/mol. The van der Waals surface area contributed by atoms with Crippen LogP contribution in [0.2, 0.25) is 0 Å². The number of aryl methyl sites for hydroxylation is 1. The third-order valence-corrected chi connectivity index (χ3v) is 2.10. The first-order valence-corrected chi connectivity index (χ1v) is 4.59. The highest BCUT2D eigenvalue weighted by Crippen LogP contribution is 2.06. The molecule has 3 N–H and O–H groups in total. The van der Waals surface area contributed by atoms with Gasteiger partial charge in [0.1, 0.15) is 12.2 Å². The van der Waals surface area contributed by atoms with Gasteiger partial charge in [-0.3, -0.25) is 0 Å². The molecule has 1 aromatic heterocycles. The first-order chi connectivity index (χ1) is 6.81. The molecule has 0 amide bonds. The van der Waals surface area contributed by atoms with Crippen molar-refractivity contribution in [1.29, 1.82) is 0 Å². The van der Waals surface area contributed by atoms with E-state index in [1.807, 2.05) is 37.3 Å².